The molecular weight excluding hydrogens is 298 g/mol. The average Bonchev–Trinajstić information content (AvgIpc) is 3.00. The van der Waals surface area contributed by atoms with Gasteiger partial charge in [-0.1, -0.05) is 11.6 Å². The molecule has 1 aromatic heterocycles. The fourth-order valence-electron chi connectivity index (χ4n) is 1.62. The van der Waals surface area contributed by atoms with Crippen LogP contribution in [-0.4, -0.2) is 45.2 Å². The Morgan fingerprint density at radius 3 is 2.81 bits per heavy atom. The smallest absolute Gasteiger partial charge is 0.328 e. The first-order valence-corrected chi connectivity index (χ1v) is 6.32. The van der Waals surface area contributed by atoms with E-state index in [9.17, 15) is 9.59 Å². The second-order valence-electron chi connectivity index (χ2n) is 4.14. The molecule has 0 fully saturated rings. The van der Waals surface area contributed by atoms with Gasteiger partial charge in [-0.2, -0.15) is 0 Å². The molecule has 0 unspecified atom stereocenters. The maximum Gasteiger partial charge on any atom is 0.328 e. The highest BCUT2D eigenvalue weighted by Gasteiger charge is 2.19. The molecule has 0 aliphatic heterocycles. The van der Waals surface area contributed by atoms with Gasteiger partial charge in [-0.05, 0) is 35.5 Å². The lowest BCUT2D eigenvalue weighted by Crippen LogP contribution is -2.39. The van der Waals surface area contributed by atoms with Crippen molar-refractivity contribution in [1.29, 1.82) is 0 Å². The molecule has 21 heavy (non-hydrogen) atoms. The number of tetrazole rings is 1. The maximum absolute atomic E-state index is 12.2. The molecule has 8 nitrogen and oxygen atoms in total. The Kier molecular flexibility index (Phi) is 4.49. The van der Waals surface area contributed by atoms with Gasteiger partial charge in [-0.25, -0.2) is 9.48 Å². The van der Waals surface area contributed by atoms with Crippen LogP contribution in [0.4, 0.5) is 0 Å². The molecule has 0 spiro atoms. The fraction of sp³-hybridized carbons (Fsp3) is 0.250. The van der Waals surface area contributed by atoms with Crippen molar-refractivity contribution in [2.75, 3.05) is 7.11 Å². The Hall–Kier alpha value is -2.48. The van der Waals surface area contributed by atoms with E-state index in [0.29, 0.717) is 5.69 Å². The number of hydrogen-bond donors (Lipinski definition) is 1. The first-order valence-electron chi connectivity index (χ1n) is 5.94. The van der Waals surface area contributed by atoms with E-state index in [4.69, 9.17) is 11.6 Å². The Bertz CT molecular complexity index is 659. The Balaban J connectivity index is 2.24. The molecule has 110 valence electrons. The van der Waals surface area contributed by atoms with E-state index >= 15 is 0 Å². The van der Waals surface area contributed by atoms with Gasteiger partial charge in [-0.3, -0.25) is 4.79 Å². The summed E-state index contributed by atoms with van der Waals surface area (Å²) < 4.78 is 5.93. The highest BCUT2D eigenvalue weighted by Crippen LogP contribution is 2.19. The summed E-state index contributed by atoms with van der Waals surface area (Å²) in [7, 11) is 1.25. The lowest BCUT2D eigenvalue weighted by atomic mass is 10.1. The minimum absolute atomic E-state index is 0.209. The highest BCUT2D eigenvalue weighted by molar-refractivity contribution is 6.34. The molecule has 0 aliphatic carbocycles. The summed E-state index contributed by atoms with van der Waals surface area (Å²) >= 11 is 6.01. The van der Waals surface area contributed by atoms with E-state index < -0.39 is 17.9 Å². The van der Waals surface area contributed by atoms with Crippen molar-refractivity contribution in [3.63, 3.8) is 0 Å². The monoisotopic (exact) mass is 309 g/mol. The van der Waals surface area contributed by atoms with Crippen LogP contribution in [0.5, 0.6) is 0 Å². The number of esters is 1. The number of carbonyl (C=O) groups is 2. The number of benzene rings is 1. The van der Waals surface area contributed by atoms with E-state index in [2.05, 4.69) is 25.6 Å². The van der Waals surface area contributed by atoms with Crippen molar-refractivity contribution >= 4 is 23.5 Å². The summed E-state index contributed by atoms with van der Waals surface area (Å²) in [5.41, 5.74) is 0.778. The normalized spacial score (nSPS) is 11.8. The zero-order valence-corrected chi connectivity index (χ0v) is 12.0. The fourth-order valence-corrected chi connectivity index (χ4v) is 1.82. The number of hydrogen-bond acceptors (Lipinski definition) is 6. The van der Waals surface area contributed by atoms with Gasteiger partial charge < -0.3 is 10.1 Å². The van der Waals surface area contributed by atoms with Crippen LogP contribution in [0, 0.1) is 0 Å². The summed E-state index contributed by atoms with van der Waals surface area (Å²) in [6.45, 7) is 1.52. The van der Waals surface area contributed by atoms with E-state index in [1.54, 1.807) is 12.1 Å². The average molecular weight is 310 g/mol. The summed E-state index contributed by atoms with van der Waals surface area (Å²) in [6, 6.07) is 3.96. The number of aromatic nitrogens is 4. The predicted octanol–water partition coefficient (Wildman–Crippen LogP) is 0.607. The number of nitrogens with zero attached hydrogens (tertiary/aromatic N) is 4. The van der Waals surface area contributed by atoms with Crippen molar-refractivity contribution in [1.82, 2.24) is 25.5 Å². The molecule has 2 rings (SSSR count). The number of methoxy groups -OCH3 is 1. The number of carbonyl (C=O) groups excluding carboxylic acids is 2. The maximum atomic E-state index is 12.2. The summed E-state index contributed by atoms with van der Waals surface area (Å²) in [5.74, 6) is -1.04. The molecule has 1 aromatic carbocycles. The van der Waals surface area contributed by atoms with Crippen LogP contribution in [0.1, 0.15) is 17.3 Å². The molecule has 2 aromatic rings. The second kappa shape index (κ2) is 6.31. The largest absolute Gasteiger partial charge is 0.467 e. The Morgan fingerprint density at radius 1 is 1.43 bits per heavy atom. The number of nitrogens with one attached hydrogen (secondary N) is 1. The minimum atomic E-state index is -0.782. The first kappa shape index (κ1) is 14.9. The molecule has 0 saturated heterocycles. The van der Waals surface area contributed by atoms with E-state index in [0.717, 1.165) is 0 Å². The molecular formula is C12H12ClN5O3. The third-order valence-electron chi connectivity index (χ3n) is 2.71. The van der Waals surface area contributed by atoms with E-state index in [1.165, 1.54) is 31.1 Å². The molecule has 9 heteroatoms. The summed E-state index contributed by atoms with van der Waals surface area (Å²) in [6.07, 6.45) is 1.39. The third-order valence-corrected chi connectivity index (χ3v) is 3.04. The summed E-state index contributed by atoms with van der Waals surface area (Å²) in [5, 5.41) is 13.5. The lowest BCUT2D eigenvalue weighted by molar-refractivity contribution is -0.142. The van der Waals surface area contributed by atoms with E-state index in [1.807, 2.05) is 0 Å². The van der Waals surface area contributed by atoms with Crippen molar-refractivity contribution in [3.05, 3.63) is 35.1 Å². The molecule has 1 N–H and O–H groups in total. The van der Waals surface area contributed by atoms with Crippen LogP contribution < -0.4 is 5.32 Å². The molecule has 1 atom stereocenters. The second-order valence-corrected chi connectivity index (χ2v) is 4.54. The van der Waals surface area contributed by atoms with Crippen molar-refractivity contribution < 1.29 is 14.3 Å². The highest BCUT2D eigenvalue weighted by atomic mass is 35.5. The van der Waals surface area contributed by atoms with Gasteiger partial charge >= 0.3 is 5.97 Å². The molecule has 0 aliphatic rings. The van der Waals surface area contributed by atoms with Crippen molar-refractivity contribution in [2.24, 2.45) is 0 Å². The van der Waals surface area contributed by atoms with E-state index in [-0.39, 0.29) is 10.6 Å². The van der Waals surface area contributed by atoms with Gasteiger partial charge in [0.15, 0.2) is 0 Å². The number of amides is 1. The molecule has 0 bridgehead atoms. The van der Waals surface area contributed by atoms with Gasteiger partial charge in [0, 0.05) is 0 Å². The third kappa shape index (κ3) is 3.34. The van der Waals surface area contributed by atoms with Crippen LogP contribution in [-0.2, 0) is 9.53 Å². The van der Waals surface area contributed by atoms with Crippen LogP contribution in [0.2, 0.25) is 5.02 Å². The van der Waals surface area contributed by atoms with Gasteiger partial charge in [0.05, 0.1) is 23.4 Å². The molecule has 0 radical (unpaired) electrons. The molecule has 1 amide bonds. The zero-order valence-electron chi connectivity index (χ0n) is 11.3. The topological polar surface area (TPSA) is 99.0 Å². The lowest BCUT2D eigenvalue weighted by Gasteiger charge is -2.13. The quantitative estimate of drug-likeness (QED) is 0.831. The summed E-state index contributed by atoms with van der Waals surface area (Å²) in [4.78, 5) is 23.5. The SMILES string of the molecule is COC(=O)[C@H](C)NC(=O)c1cc(-n2cnnn2)ccc1Cl. The van der Waals surface area contributed by atoms with Gasteiger partial charge in [0.25, 0.3) is 5.91 Å². The Labute approximate surface area is 125 Å². The molecule has 0 saturated carbocycles. The minimum Gasteiger partial charge on any atom is -0.467 e. The predicted molar refractivity (Wildman–Crippen MR) is 73.1 cm³/mol. The van der Waals surface area contributed by atoms with Gasteiger partial charge in [-0.15, -0.1) is 5.10 Å². The standard InChI is InChI=1S/C12H12ClN5O3/c1-7(12(20)21-2)15-11(19)9-5-8(3-4-10(9)13)18-6-14-16-17-18/h3-7H,1-2H3,(H,15,19)/t7-/m0/s1. The number of halogens is 1. The number of rotatable bonds is 4. The zero-order chi connectivity index (χ0) is 15.4. The van der Waals surface area contributed by atoms with Crippen LogP contribution in [0.15, 0.2) is 24.5 Å². The van der Waals surface area contributed by atoms with Crippen LogP contribution in [0.3, 0.4) is 0 Å². The Morgan fingerprint density at radius 2 is 2.19 bits per heavy atom. The van der Waals surface area contributed by atoms with Crippen molar-refractivity contribution in [3.8, 4) is 5.69 Å². The van der Waals surface area contributed by atoms with Crippen LogP contribution in [0.25, 0.3) is 5.69 Å². The van der Waals surface area contributed by atoms with Gasteiger partial charge in [0.2, 0.25) is 0 Å². The molecule has 1 heterocycles. The first-order chi connectivity index (χ1) is 10.0. The number of ether oxygens (including phenoxy) is 1. The van der Waals surface area contributed by atoms with Crippen LogP contribution >= 0.6 is 11.6 Å². The van der Waals surface area contributed by atoms with Crippen molar-refractivity contribution in [2.45, 2.75) is 13.0 Å². The van der Waals surface area contributed by atoms with Gasteiger partial charge in [0.1, 0.15) is 12.4 Å².